The van der Waals surface area contributed by atoms with Crippen LogP contribution in [0.5, 0.6) is 0 Å². The van der Waals surface area contributed by atoms with Crippen LogP contribution in [0.15, 0.2) is 36.4 Å². The largest absolute Gasteiger partial charge is 0.397 e. The fourth-order valence-corrected chi connectivity index (χ4v) is 1.85. The highest BCUT2D eigenvalue weighted by Crippen LogP contribution is 2.32. The Balaban J connectivity index is 2.48. The minimum absolute atomic E-state index is 0.284. The molecule has 2 N–H and O–H groups in total. The number of hydrogen-bond acceptors (Lipinski definition) is 2. The normalized spacial score (nSPS) is 10.4. The van der Waals surface area contributed by atoms with Crippen molar-refractivity contribution in [2.45, 2.75) is 6.92 Å². The van der Waals surface area contributed by atoms with Gasteiger partial charge in [0.2, 0.25) is 0 Å². The maximum atomic E-state index is 13.8. The van der Waals surface area contributed by atoms with Gasteiger partial charge < -0.3 is 10.6 Å². The third-order valence-corrected chi connectivity index (χ3v) is 2.88. The van der Waals surface area contributed by atoms with Crippen LogP contribution < -0.4 is 10.6 Å². The Hall–Kier alpha value is -2.10. The fourth-order valence-electron chi connectivity index (χ4n) is 1.85. The van der Waals surface area contributed by atoms with Crippen LogP contribution in [-0.2, 0) is 0 Å². The molecule has 0 aliphatic heterocycles. The van der Waals surface area contributed by atoms with Gasteiger partial charge in [-0.25, -0.2) is 8.78 Å². The molecule has 0 saturated carbocycles. The van der Waals surface area contributed by atoms with E-state index in [1.165, 1.54) is 12.1 Å². The van der Waals surface area contributed by atoms with Crippen LogP contribution in [0.4, 0.5) is 25.8 Å². The van der Waals surface area contributed by atoms with E-state index in [0.717, 1.165) is 0 Å². The van der Waals surface area contributed by atoms with Crippen molar-refractivity contribution in [3.8, 4) is 0 Å². The van der Waals surface area contributed by atoms with Crippen LogP contribution in [0.3, 0.4) is 0 Å². The number of para-hydroxylation sites is 1. The molecule has 0 aliphatic carbocycles. The molecule has 0 heterocycles. The van der Waals surface area contributed by atoms with Crippen LogP contribution >= 0.6 is 0 Å². The van der Waals surface area contributed by atoms with Crippen molar-refractivity contribution in [2.75, 3.05) is 17.7 Å². The average molecular weight is 248 g/mol. The Labute approximate surface area is 105 Å². The summed E-state index contributed by atoms with van der Waals surface area (Å²) in [5, 5.41) is 0. The predicted molar refractivity (Wildman–Crippen MR) is 70.0 cm³/mol. The van der Waals surface area contributed by atoms with E-state index in [9.17, 15) is 8.78 Å². The van der Waals surface area contributed by atoms with Gasteiger partial charge in [-0.1, -0.05) is 6.07 Å². The first-order chi connectivity index (χ1) is 8.50. The molecule has 0 unspecified atom stereocenters. The molecule has 2 rings (SSSR count). The summed E-state index contributed by atoms with van der Waals surface area (Å²) < 4.78 is 27.0. The lowest BCUT2D eigenvalue weighted by Gasteiger charge is -2.22. The minimum Gasteiger partial charge on any atom is -0.397 e. The molecule has 0 spiro atoms. The first kappa shape index (κ1) is 12.4. The second kappa shape index (κ2) is 4.64. The van der Waals surface area contributed by atoms with E-state index in [2.05, 4.69) is 0 Å². The van der Waals surface area contributed by atoms with Crippen LogP contribution in [0.1, 0.15) is 5.56 Å². The van der Waals surface area contributed by atoms with Crippen LogP contribution in [0.2, 0.25) is 0 Å². The van der Waals surface area contributed by atoms with Gasteiger partial charge in [0.15, 0.2) is 0 Å². The Morgan fingerprint density at radius 3 is 2.39 bits per heavy atom. The molecule has 0 fully saturated rings. The van der Waals surface area contributed by atoms with Crippen molar-refractivity contribution in [3.63, 3.8) is 0 Å². The standard InChI is InChI=1S/C14H14F2N2/c1-9-8-10(6-7-11(9)15)18(2)14-12(16)4-3-5-13(14)17/h3-8H,17H2,1-2H3. The van der Waals surface area contributed by atoms with E-state index in [4.69, 9.17) is 5.73 Å². The molecule has 2 aromatic rings. The topological polar surface area (TPSA) is 29.3 Å². The van der Waals surface area contributed by atoms with E-state index in [-0.39, 0.29) is 5.82 Å². The van der Waals surface area contributed by atoms with E-state index in [0.29, 0.717) is 22.6 Å². The number of anilines is 3. The molecule has 0 bridgehead atoms. The third-order valence-electron chi connectivity index (χ3n) is 2.88. The van der Waals surface area contributed by atoms with Crippen molar-refractivity contribution in [1.82, 2.24) is 0 Å². The molecule has 0 radical (unpaired) electrons. The van der Waals surface area contributed by atoms with Gasteiger partial charge in [0, 0.05) is 12.7 Å². The summed E-state index contributed by atoms with van der Waals surface area (Å²) in [6.07, 6.45) is 0. The molecule has 0 aliphatic rings. The maximum absolute atomic E-state index is 13.8. The van der Waals surface area contributed by atoms with E-state index >= 15 is 0 Å². The summed E-state index contributed by atoms with van der Waals surface area (Å²) >= 11 is 0. The lowest BCUT2D eigenvalue weighted by atomic mass is 10.1. The van der Waals surface area contributed by atoms with Gasteiger partial charge in [-0.2, -0.15) is 0 Å². The molecule has 4 heteroatoms. The molecule has 2 nitrogen and oxygen atoms in total. The zero-order chi connectivity index (χ0) is 13.3. The molecule has 0 saturated heterocycles. The summed E-state index contributed by atoms with van der Waals surface area (Å²) in [4.78, 5) is 1.61. The van der Waals surface area contributed by atoms with Crippen LogP contribution in [-0.4, -0.2) is 7.05 Å². The number of nitrogens with two attached hydrogens (primary N) is 1. The molecule has 0 atom stereocenters. The second-order valence-electron chi connectivity index (χ2n) is 4.17. The van der Waals surface area contributed by atoms with Crippen molar-refractivity contribution in [3.05, 3.63) is 53.6 Å². The van der Waals surface area contributed by atoms with Gasteiger partial charge in [0.25, 0.3) is 0 Å². The smallest absolute Gasteiger partial charge is 0.148 e. The molecular weight excluding hydrogens is 234 g/mol. The molecule has 18 heavy (non-hydrogen) atoms. The summed E-state index contributed by atoms with van der Waals surface area (Å²) in [6.45, 7) is 1.66. The number of nitrogens with zero attached hydrogens (tertiary/aromatic N) is 1. The van der Waals surface area contributed by atoms with Crippen molar-refractivity contribution < 1.29 is 8.78 Å². The quantitative estimate of drug-likeness (QED) is 0.822. The molecular formula is C14H14F2N2. The summed E-state index contributed by atoms with van der Waals surface area (Å²) in [7, 11) is 1.70. The van der Waals surface area contributed by atoms with Crippen molar-refractivity contribution in [2.24, 2.45) is 0 Å². The van der Waals surface area contributed by atoms with Gasteiger partial charge in [0.1, 0.15) is 17.3 Å². The summed E-state index contributed by atoms with van der Waals surface area (Å²) in [5.41, 5.74) is 7.61. The number of halogens is 2. The first-order valence-corrected chi connectivity index (χ1v) is 5.54. The molecule has 0 aromatic heterocycles. The van der Waals surface area contributed by atoms with Gasteiger partial charge in [-0.15, -0.1) is 0 Å². The van der Waals surface area contributed by atoms with Gasteiger partial charge in [0.05, 0.1) is 5.69 Å². The number of rotatable bonds is 2. The maximum Gasteiger partial charge on any atom is 0.148 e. The third kappa shape index (κ3) is 2.14. The van der Waals surface area contributed by atoms with Crippen LogP contribution in [0, 0.1) is 18.6 Å². The first-order valence-electron chi connectivity index (χ1n) is 5.54. The Morgan fingerprint density at radius 1 is 1.06 bits per heavy atom. The van der Waals surface area contributed by atoms with Gasteiger partial charge in [-0.3, -0.25) is 0 Å². The highest BCUT2D eigenvalue weighted by molar-refractivity contribution is 5.75. The minimum atomic E-state index is -0.403. The Kier molecular flexibility index (Phi) is 3.19. The number of aryl methyl sites for hydroxylation is 1. The highest BCUT2D eigenvalue weighted by Gasteiger charge is 2.13. The van der Waals surface area contributed by atoms with Crippen molar-refractivity contribution >= 4 is 17.1 Å². The summed E-state index contributed by atoms with van der Waals surface area (Å²) in [5.74, 6) is -0.687. The molecule has 0 amide bonds. The zero-order valence-corrected chi connectivity index (χ0v) is 10.2. The van der Waals surface area contributed by atoms with Crippen LogP contribution in [0.25, 0.3) is 0 Å². The second-order valence-corrected chi connectivity index (χ2v) is 4.17. The lowest BCUT2D eigenvalue weighted by Crippen LogP contribution is -2.13. The summed E-state index contributed by atoms with van der Waals surface area (Å²) in [6, 6.07) is 9.13. The van der Waals surface area contributed by atoms with Gasteiger partial charge in [-0.05, 0) is 42.8 Å². The lowest BCUT2D eigenvalue weighted by molar-refractivity contribution is 0.618. The number of nitrogen functional groups attached to an aromatic ring is 1. The van der Waals surface area contributed by atoms with Gasteiger partial charge >= 0.3 is 0 Å². The Bertz CT molecular complexity index is 562. The zero-order valence-electron chi connectivity index (χ0n) is 10.2. The molecule has 2 aromatic carbocycles. The predicted octanol–water partition coefficient (Wildman–Crippen LogP) is 3.62. The highest BCUT2D eigenvalue weighted by atomic mass is 19.1. The number of benzene rings is 2. The van der Waals surface area contributed by atoms with E-state index in [1.807, 2.05) is 0 Å². The Morgan fingerprint density at radius 2 is 1.78 bits per heavy atom. The SMILES string of the molecule is Cc1cc(N(C)c2c(N)cccc2F)ccc1F. The monoisotopic (exact) mass is 248 g/mol. The average Bonchev–Trinajstić information content (AvgIpc) is 2.32. The number of hydrogen-bond donors (Lipinski definition) is 1. The van der Waals surface area contributed by atoms with E-state index in [1.54, 1.807) is 43.1 Å². The van der Waals surface area contributed by atoms with Crippen molar-refractivity contribution in [1.29, 1.82) is 0 Å². The van der Waals surface area contributed by atoms with E-state index < -0.39 is 5.82 Å². The molecule has 94 valence electrons. The fraction of sp³-hybridized carbons (Fsp3) is 0.143.